The number of hydrogen-bond acceptors (Lipinski definition) is 5. The van der Waals surface area contributed by atoms with Crippen LogP contribution in [-0.2, 0) is 14.8 Å². The molecule has 10 heteroatoms. The number of urea groups is 1. The van der Waals surface area contributed by atoms with Gasteiger partial charge in [0.25, 0.3) is 0 Å². The van der Waals surface area contributed by atoms with Gasteiger partial charge in [0, 0.05) is 17.3 Å². The van der Waals surface area contributed by atoms with E-state index in [9.17, 15) is 18.3 Å². The Balaban J connectivity index is 1.47. The maximum absolute atomic E-state index is 12.5. The molecule has 174 valence electrons. The first-order valence-electron chi connectivity index (χ1n) is 10.4. The number of ether oxygens (including phenoxy) is 1. The monoisotopic (exact) mass is 481 g/mol. The van der Waals surface area contributed by atoms with Gasteiger partial charge >= 0.3 is 6.03 Å². The maximum atomic E-state index is 12.5. The molecule has 2 aromatic rings. The fourth-order valence-electron chi connectivity index (χ4n) is 3.70. The molecular weight excluding hydrogens is 454 g/mol. The molecule has 0 spiro atoms. The molecule has 3 rings (SSSR count). The van der Waals surface area contributed by atoms with E-state index in [1.54, 1.807) is 55.5 Å². The molecule has 0 bridgehead atoms. The number of carbonyl (C=O) groups is 1. The summed E-state index contributed by atoms with van der Waals surface area (Å²) >= 11 is 5.93. The van der Waals surface area contributed by atoms with E-state index >= 15 is 0 Å². The minimum Gasteiger partial charge on any atom is -0.394 e. The number of halogens is 1. The Kier molecular flexibility index (Phi) is 8.50. The van der Waals surface area contributed by atoms with Crippen molar-refractivity contribution in [1.82, 2.24) is 10.0 Å². The molecule has 1 fully saturated rings. The molecule has 4 N–H and O–H groups in total. The summed E-state index contributed by atoms with van der Waals surface area (Å²) in [5.74, 6) is 0. The summed E-state index contributed by atoms with van der Waals surface area (Å²) in [6.45, 7) is 1.71. The second-order valence-electron chi connectivity index (χ2n) is 7.72. The average molecular weight is 482 g/mol. The van der Waals surface area contributed by atoms with Crippen molar-refractivity contribution in [3.8, 4) is 0 Å². The van der Waals surface area contributed by atoms with Gasteiger partial charge in [-0.25, -0.2) is 17.9 Å². The van der Waals surface area contributed by atoms with E-state index in [2.05, 4.69) is 15.4 Å². The molecule has 3 atom stereocenters. The number of nitrogens with one attached hydrogen (secondary N) is 3. The van der Waals surface area contributed by atoms with Crippen LogP contribution < -0.4 is 15.4 Å². The molecule has 0 aromatic heterocycles. The third-order valence-electron chi connectivity index (χ3n) is 5.34. The van der Waals surface area contributed by atoms with Gasteiger partial charge < -0.3 is 20.5 Å². The lowest BCUT2D eigenvalue weighted by Crippen LogP contribution is -2.52. The quantitative estimate of drug-likeness (QED) is 0.462. The van der Waals surface area contributed by atoms with E-state index in [1.807, 2.05) is 0 Å². The Labute approximate surface area is 193 Å². The number of benzene rings is 2. The summed E-state index contributed by atoms with van der Waals surface area (Å²) in [5.41, 5.74) is 1.24. The van der Waals surface area contributed by atoms with E-state index < -0.39 is 22.2 Å². The first-order chi connectivity index (χ1) is 15.3. The summed E-state index contributed by atoms with van der Waals surface area (Å²) in [7, 11) is -3.60. The Morgan fingerprint density at radius 1 is 1.19 bits per heavy atom. The number of aryl methyl sites for hydroxylation is 1. The van der Waals surface area contributed by atoms with Crippen molar-refractivity contribution in [3.63, 3.8) is 0 Å². The topological polar surface area (TPSA) is 117 Å². The zero-order chi connectivity index (χ0) is 23.1. The largest absolute Gasteiger partial charge is 0.394 e. The Morgan fingerprint density at radius 2 is 1.97 bits per heavy atom. The van der Waals surface area contributed by atoms with Gasteiger partial charge in [0.1, 0.15) is 6.10 Å². The predicted octanol–water partition coefficient (Wildman–Crippen LogP) is 3.05. The van der Waals surface area contributed by atoms with Crippen molar-refractivity contribution in [3.05, 3.63) is 59.1 Å². The molecule has 8 nitrogen and oxygen atoms in total. The number of sulfonamides is 1. The summed E-state index contributed by atoms with van der Waals surface area (Å²) in [6.07, 6.45) is 0.893. The molecule has 0 unspecified atom stereocenters. The molecular formula is C22H28ClN3O5S. The van der Waals surface area contributed by atoms with Crippen LogP contribution in [0.2, 0.25) is 5.02 Å². The van der Waals surface area contributed by atoms with Crippen LogP contribution in [-0.4, -0.2) is 51.0 Å². The number of aliphatic hydroxyl groups is 1. The number of carbonyl (C=O) groups excluding carboxylic acids is 1. The summed E-state index contributed by atoms with van der Waals surface area (Å²) in [5, 5.41) is 15.8. The SMILES string of the molecule is Cc1ccccc1S(=O)(=O)NCC[C@@H]1CC[C@@H](NC(=O)Nc2cccc(Cl)c2)[C@H](CO)O1. The average Bonchev–Trinajstić information content (AvgIpc) is 2.74. The van der Waals surface area contributed by atoms with Crippen molar-refractivity contribution in [2.75, 3.05) is 18.5 Å². The van der Waals surface area contributed by atoms with Crippen LogP contribution in [0.4, 0.5) is 10.5 Å². The van der Waals surface area contributed by atoms with Crippen LogP contribution in [0.25, 0.3) is 0 Å². The highest BCUT2D eigenvalue weighted by Gasteiger charge is 2.32. The van der Waals surface area contributed by atoms with Crippen molar-refractivity contribution in [1.29, 1.82) is 0 Å². The number of anilines is 1. The summed E-state index contributed by atoms with van der Waals surface area (Å²) in [4.78, 5) is 12.6. The molecule has 1 saturated heterocycles. The smallest absolute Gasteiger partial charge is 0.319 e. The Hall–Kier alpha value is -2.17. The van der Waals surface area contributed by atoms with Gasteiger partial charge in [0.2, 0.25) is 10.0 Å². The molecule has 1 heterocycles. The van der Waals surface area contributed by atoms with Crippen LogP contribution >= 0.6 is 11.6 Å². The highest BCUT2D eigenvalue weighted by atomic mass is 35.5. The van der Waals surface area contributed by atoms with Gasteiger partial charge in [0.05, 0.1) is 23.6 Å². The highest BCUT2D eigenvalue weighted by Crippen LogP contribution is 2.23. The number of aliphatic hydroxyl groups excluding tert-OH is 1. The fourth-order valence-corrected chi connectivity index (χ4v) is 5.18. The summed E-state index contributed by atoms with van der Waals surface area (Å²) in [6, 6.07) is 12.8. The van der Waals surface area contributed by atoms with E-state index in [0.717, 1.165) is 0 Å². The van der Waals surface area contributed by atoms with Crippen molar-refractivity contribution >= 4 is 33.3 Å². The molecule has 0 saturated carbocycles. The second kappa shape index (κ2) is 11.1. The molecule has 0 radical (unpaired) electrons. The minimum absolute atomic E-state index is 0.215. The first kappa shape index (κ1) is 24.5. The molecule has 2 amide bonds. The zero-order valence-electron chi connectivity index (χ0n) is 17.8. The van der Waals surface area contributed by atoms with Crippen molar-refractivity contribution in [2.45, 2.75) is 49.3 Å². The third-order valence-corrected chi connectivity index (χ3v) is 7.19. The normalized spacial score (nSPS) is 21.2. The first-order valence-corrected chi connectivity index (χ1v) is 12.3. The predicted molar refractivity (Wildman–Crippen MR) is 123 cm³/mol. The van der Waals surface area contributed by atoms with E-state index in [-0.39, 0.29) is 30.2 Å². The van der Waals surface area contributed by atoms with Crippen LogP contribution in [0.3, 0.4) is 0 Å². The lowest BCUT2D eigenvalue weighted by atomic mass is 9.97. The van der Waals surface area contributed by atoms with Gasteiger partial charge in [-0.2, -0.15) is 0 Å². The third kappa shape index (κ3) is 6.66. The van der Waals surface area contributed by atoms with Crippen LogP contribution in [0.1, 0.15) is 24.8 Å². The van der Waals surface area contributed by atoms with E-state index in [1.165, 1.54) is 0 Å². The van der Waals surface area contributed by atoms with Gasteiger partial charge in [-0.05, 0) is 56.0 Å². The minimum atomic E-state index is -3.60. The van der Waals surface area contributed by atoms with Gasteiger partial charge in [0.15, 0.2) is 0 Å². The Bertz CT molecular complexity index is 1030. The zero-order valence-corrected chi connectivity index (χ0v) is 19.3. The Morgan fingerprint density at radius 3 is 2.69 bits per heavy atom. The molecule has 1 aliphatic rings. The number of amides is 2. The van der Waals surface area contributed by atoms with Crippen molar-refractivity contribution < 1.29 is 23.1 Å². The highest BCUT2D eigenvalue weighted by molar-refractivity contribution is 7.89. The van der Waals surface area contributed by atoms with Crippen LogP contribution in [0.5, 0.6) is 0 Å². The van der Waals surface area contributed by atoms with Gasteiger partial charge in [-0.15, -0.1) is 0 Å². The van der Waals surface area contributed by atoms with E-state index in [4.69, 9.17) is 16.3 Å². The lowest BCUT2D eigenvalue weighted by molar-refractivity contribution is -0.0884. The van der Waals surface area contributed by atoms with E-state index in [0.29, 0.717) is 35.5 Å². The lowest BCUT2D eigenvalue weighted by Gasteiger charge is -2.36. The van der Waals surface area contributed by atoms with Crippen molar-refractivity contribution in [2.24, 2.45) is 0 Å². The van der Waals surface area contributed by atoms with Crippen LogP contribution in [0, 0.1) is 6.92 Å². The van der Waals surface area contributed by atoms with Gasteiger partial charge in [-0.3, -0.25) is 0 Å². The van der Waals surface area contributed by atoms with Gasteiger partial charge in [-0.1, -0.05) is 35.9 Å². The standard InChI is InChI=1S/C22H28ClN3O5S/c1-15-5-2-3-8-21(15)32(29,30)24-12-11-18-9-10-19(20(14-27)31-18)26-22(28)25-17-7-4-6-16(23)13-17/h2-8,13,18-20,24,27H,9-12,14H2,1H3,(H2,25,26,28)/t18-,19+,20-/m0/s1. The number of hydrogen-bond donors (Lipinski definition) is 4. The summed E-state index contributed by atoms with van der Waals surface area (Å²) < 4.78 is 33.5. The van der Waals surface area contributed by atoms with Crippen LogP contribution in [0.15, 0.2) is 53.4 Å². The number of rotatable bonds is 8. The molecule has 32 heavy (non-hydrogen) atoms. The molecule has 2 aromatic carbocycles. The fraction of sp³-hybridized carbons (Fsp3) is 0.409. The molecule has 1 aliphatic heterocycles. The second-order valence-corrected chi connectivity index (χ2v) is 9.90. The maximum Gasteiger partial charge on any atom is 0.319 e. The molecule has 0 aliphatic carbocycles.